The third-order valence-corrected chi connectivity index (χ3v) is 4.10. The molecule has 1 aromatic heterocycles. The summed E-state index contributed by atoms with van der Waals surface area (Å²) in [5.74, 6) is -0.962. The second kappa shape index (κ2) is 7.96. The molecule has 4 rings (SSSR count). The number of carboxylic acid groups (broad SMARTS) is 1. The fourth-order valence-electron chi connectivity index (χ4n) is 2.95. The number of para-hydroxylation sites is 2. The van der Waals surface area contributed by atoms with Gasteiger partial charge in [-0.25, -0.2) is 4.99 Å². The summed E-state index contributed by atoms with van der Waals surface area (Å²) in [6.07, 6.45) is -0.150. The van der Waals surface area contributed by atoms with E-state index in [0.717, 1.165) is 16.5 Å². The summed E-state index contributed by atoms with van der Waals surface area (Å²) in [4.78, 5) is 23.4. The number of benzene rings is 2. The maximum absolute atomic E-state index is 10.6. The average molecular weight is 372 g/mol. The first-order valence-electron chi connectivity index (χ1n) is 8.05. The smallest absolute Gasteiger partial charge is 0.494 e. The number of oxime groups is 1. The van der Waals surface area contributed by atoms with Crippen LogP contribution in [0.4, 0.5) is 5.69 Å². The molecule has 0 aliphatic carbocycles. The van der Waals surface area contributed by atoms with E-state index in [1.54, 1.807) is 0 Å². The van der Waals surface area contributed by atoms with Gasteiger partial charge in [-0.05, 0) is 12.1 Å². The van der Waals surface area contributed by atoms with Crippen molar-refractivity contribution < 1.29 is 49.4 Å². The van der Waals surface area contributed by atoms with E-state index in [1.807, 2.05) is 48.5 Å². The normalized spacial score (nSPS) is 13.9. The van der Waals surface area contributed by atoms with Gasteiger partial charge in [0.05, 0.1) is 17.7 Å². The largest absolute Gasteiger partial charge is 1.00 e. The van der Waals surface area contributed by atoms with E-state index in [1.165, 1.54) is 0 Å². The number of aromatic amines is 1. The fourth-order valence-corrected chi connectivity index (χ4v) is 2.95. The van der Waals surface area contributed by atoms with Crippen LogP contribution in [0.1, 0.15) is 17.5 Å². The topological polar surface area (TPSA) is 107 Å². The van der Waals surface area contributed by atoms with Crippen LogP contribution in [-0.4, -0.2) is 39.2 Å². The van der Waals surface area contributed by atoms with Crippen molar-refractivity contribution in [2.24, 2.45) is 10.1 Å². The molecule has 0 atom stereocenters. The number of aromatic nitrogens is 1. The molecule has 0 fully saturated rings. The Morgan fingerprint density at radius 2 is 1.89 bits per heavy atom. The predicted octanol–water partition coefficient (Wildman–Crippen LogP) is 0.207. The standard InChI is InChI=1S/C19H15N3O4.Na/c23-15(24)9-10-26-22-17-12-6-2-4-8-14(12)20-18(17)16-11-5-1-3-7-13(11)21-19(16)25;/h1-8,21,25H,9-10H2,(H,23,24);/q;+1/b22-17+;. The Bertz CT molecular complexity index is 1070. The molecule has 2 heterocycles. The summed E-state index contributed by atoms with van der Waals surface area (Å²) in [7, 11) is 0. The van der Waals surface area contributed by atoms with Crippen LogP contribution in [0.2, 0.25) is 0 Å². The molecule has 2 aromatic carbocycles. The number of aliphatic imine (C=N–C) groups is 1. The van der Waals surface area contributed by atoms with Crippen molar-refractivity contribution >= 4 is 34.0 Å². The molecule has 3 aromatic rings. The van der Waals surface area contributed by atoms with Crippen LogP contribution in [0.3, 0.4) is 0 Å². The third-order valence-electron chi connectivity index (χ3n) is 4.10. The first-order valence-corrected chi connectivity index (χ1v) is 8.05. The first-order chi connectivity index (χ1) is 12.6. The van der Waals surface area contributed by atoms with Gasteiger partial charge >= 0.3 is 35.5 Å². The van der Waals surface area contributed by atoms with Gasteiger partial charge < -0.3 is 20.0 Å². The number of rotatable bonds is 5. The Balaban J connectivity index is 0.00000210. The number of fused-ring (bicyclic) bond motifs is 2. The number of aliphatic carboxylic acids is 1. The Labute approximate surface area is 176 Å². The summed E-state index contributed by atoms with van der Waals surface area (Å²) < 4.78 is 0. The van der Waals surface area contributed by atoms with Gasteiger partial charge in [-0.2, -0.15) is 0 Å². The Kier molecular flexibility index (Phi) is 5.65. The summed E-state index contributed by atoms with van der Waals surface area (Å²) in [5, 5.41) is 24.1. The van der Waals surface area contributed by atoms with Gasteiger partial charge in [-0.1, -0.05) is 41.6 Å². The minimum atomic E-state index is -0.958. The van der Waals surface area contributed by atoms with E-state index in [2.05, 4.69) is 15.1 Å². The number of carbonyl (C=O) groups is 1. The van der Waals surface area contributed by atoms with Crippen molar-refractivity contribution in [1.82, 2.24) is 4.98 Å². The monoisotopic (exact) mass is 372 g/mol. The first kappa shape index (κ1) is 19.2. The van der Waals surface area contributed by atoms with Crippen LogP contribution in [-0.2, 0) is 9.63 Å². The van der Waals surface area contributed by atoms with E-state index in [9.17, 15) is 9.90 Å². The molecular formula is C19H15N3NaO4+. The number of carboxylic acids is 1. The van der Waals surface area contributed by atoms with E-state index in [0.29, 0.717) is 22.7 Å². The van der Waals surface area contributed by atoms with Gasteiger partial charge in [0.2, 0.25) is 0 Å². The van der Waals surface area contributed by atoms with Crippen LogP contribution < -0.4 is 29.6 Å². The molecule has 0 spiro atoms. The molecule has 0 bridgehead atoms. The zero-order chi connectivity index (χ0) is 18.1. The second-order valence-electron chi connectivity index (χ2n) is 5.79. The Morgan fingerprint density at radius 3 is 2.70 bits per heavy atom. The number of nitrogens with zero attached hydrogens (tertiary/aromatic N) is 2. The molecule has 0 unspecified atom stereocenters. The maximum atomic E-state index is 10.6. The van der Waals surface area contributed by atoms with Crippen molar-refractivity contribution in [2.75, 3.05) is 6.61 Å². The van der Waals surface area contributed by atoms with Gasteiger partial charge in [-0.3, -0.25) is 4.79 Å². The zero-order valence-corrected chi connectivity index (χ0v) is 16.6. The van der Waals surface area contributed by atoms with E-state index < -0.39 is 5.97 Å². The molecule has 0 radical (unpaired) electrons. The van der Waals surface area contributed by atoms with Gasteiger partial charge in [0.25, 0.3) is 0 Å². The molecule has 1 aliphatic heterocycles. The number of hydrogen-bond donors (Lipinski definition) is 3. The molecule has 0 saturated carbocycles. The molecule has 27 heavy (non-hydrogen) atoms. The van der Waals surface area contributed by atoms with Crippen LogP contribution in [0, 0.1) is 0 Å². The Hall–Kier alpha value is -2.61. The molecular weight excluding hydrogens is 357 g/mol. The molecule has 7 nitrogen and oxygen atoms in total. The summed E-state index contributed by atoms with van der Waals surface area (Å²) in [6, 6.07) is 14.9. The van der Waals surface area contributed by atoms with Crippen LogP contribution in [0.5, 0.6) is 5.88 Å². The number of nitrogens with one attached hydrogen (secondary N) is 1. The number of hydrogen-bond acceptors (Lipinski definition) is 5. The van der Waals surface area contributed by atoms with Crippen molar-refractivity contribution in [3.63, 3.8) is 0 Å². The third kappa shape index (κ3) is 3.62. The SMILES string of the molecule is O=C(O)CCO/N=C1/C(c2c(O)[nH]c3ccccc23)=Nc2ccccc21.[Na+]. The predicted molar refractivity (Wildman–Crippen MR) is 97.3 cm³/mol. The molecule has 130 valence electrons. The Morgan fingerprint density at radius 1 is 1.15 bits per heavy atom. The van der Waals surface area contributed by atoms with Crippen molar-refractivity contribution in [2.45, 2.75) is 6.42 Å². The van der Waals surface area contributed by atoms with Crippen LogP contribution in [0.25, 0.3) is 10.9 Å². The van der Waals surface area contributed by atoms with Crippen molar-refractivity contribution in [3.05, 3.63) is 59.7 Å². The summed E-state index contributed by atoms with van der Waals surface area (Å²) in [6.45, 7) is -0.0475. The minimum absolute atomic E-state index is 0. The summed E-state index contributed by atoms with van der Waals surface area (Å²) >= 11 is 0. The van der Waals surface area contributed by atoms with Gasteiger partial charge in [0.15, 0.2) is 5.88 Å². The molecule has 8 heteroatoms. The summed E-state index contributed by atoms with van der Waals surface area (Å²) in [5.41, 5.74) is 3.75. The van der Waals surface area contributed by atoms with Gasteiger partial charge in [0, 0.05) is 16.5 Å². The van der Waals surface area contributed by atoms with Gasteiger partial charge in [-0.15, -0.1) is 0 Å². The van der Waals surface area contributed by atoms with E-state index in [4.69, 9.17) is 9.94 Å². The minimum Gasteiger partial charge on any atom is -0.494 e. The fraction of sp³-hybridized carbons (Fsp3) is 0.105. The maximum Gasteiger partial charge on any atom is 1.00 e. The van der Waals surface area contributed by atoms with E-state index >= 15 is 0 Å². The van der Waals surface area contributed by atoms with Gasteiger partial charge in [0.1, 0.15) is 18.0 Å². The van der Waals surface area contributed by atoms with Crippen molar-refractivity contribution in [1.29, 1.82) is 0 Å². The van der Waals surface area contributed by atoms with Crippen molar-refractivity contribution in [3.8, 4) is 5.88 Å². The average Bonchev–Trinajstić information content (AvgIpc) is 3.15. The zero-order valence-electron chi connectivity index (χ0n) is 14.6. The molecule has 0 saturated heterocycles. The number of H-pyrrole nitrogens is 1. The second-order valence-corrected chi connectivity index (χ2v) is 5.79. The molecule has 3 N–H and O–H groups in total. The van der Waals surface area contributed by atoms with Crippen LogP contribution >= 0.6 is 0 Å². The molecule has 0 amide bonds. The quantitative estimate of drug-likeness (QED) is 0.338. The van der Waals surface area contributed by atoms with E-state index in [-0.39, 0.29) is 48.5 Å². The molecule has 1 aliphatic rings. The van der Waals surface area contributed by atoms with Crippen LogP contribution in [0.15, 0.2) is 58.7 Å². The number of aromatic hydroxyl groups is 1.